The minimum Gasteiger partial charge on any atom is -0.377 e. The molecular weight excluding hydrogens is 234 g/mol. The third-order valence-corrected chi connectivity index (χ3v) is 3.48. The first kappa shape index (κ1) is 16.2. The fourth-order valence-electron chi connectivity index (χ4n) is 2.45. The molecule has 0 heterocycles. The molecule has 1 aromatic rings. The molecule has 108 valence electrons. The normalized spacial score (nSPS) is 14.3. The highest BCUT2D eigenvalue weighted by Gasteiger charge is 2.19. The molecule has 2 heteroatoms. The Morgan fingerprint density at radius 3 is 2.42 bits per heavy atom. The van der Waals surface area contributed by atoms with Crippen LogP contribution in [-0.4, -0.2) is 25.3 Å². The maximum Gasteiger partial charge on any atom is 0.0725 e. The first-order valence-corrected chi connectivity index (χ1v) is 7.70. The second-order valence-electron chi connectivity index (χ2n) is 4.99. The molecule has 0 aliphatic carbocycles. The van der Waals surface area contributed by atoms with E-state index in [1.165, 1.54) is 12.0 Å². The molecule has 0 saturated heterocycles. The first-order chi connectivity index (χ1) is 9.31. The van der Waals surface area contributed by atoms with E-state index in [0.29, 0.717) is 12.1 Å². The van der Waals surface area contributed by atoms with Gasteiger partial charge in [-0.2, -0.15) is 0 Å². The third kappa shape index (κ3) is 6.22. The van der Waals surface area contributed by atoms with Crippen LogP contribution in [0.3, 0.4) is 0 Å². The van der Waals surface area contributed by atoms with Gasteiger partial charge in [-0.05, 0) is 44.7 Å². The molecule has 0 saturated carbocycles. The van der Waals surface area contributed by atoms with Gasteiger partial charge < -0.3 is 10.1 Å². The summed E-state index contributed by atoms with van der Waals surface area (Å²) in [6.07, 6.45) is 4.84. The average Bonchev–Trinajstić information content (AvgIpc) is 2.46. The van der Waals surface area contributed by atoms with Crippen LogP contribution in [0.15, 0.2) is 30.3 Å². The Labute approximate surface area is 118 Å². The molecule has 2 atom stereocenters. The third-order valence-electron chi connectivity index (χ3n) is 3.48. The molecule has 0 aromatic heterocycles. The number of hydrogen-bond donors (Lipinski definition) is 1. The van der Waals surface area contributed by atoms with Gasteiger partial charge in [-0.3, -0.25) is 0 Å². The van der Waals surface area contributed by atoms with Crippen molar-refractivity contribution >= 4 is 0 Å². The summed E-state index contributed by atoms with van der Waals surface area (Å²) >= 11 is 0. The van der Waals surface area contributed by atoms with Gasteiger partial charge >= 0.3 is 0 Å². The molecule has 2 nitrogen and oxygen atoms in total. The van der Waals surface area contributed by atoms with Crippen LogP contribution >= 0.6 is 0 Å². The molecule has 0 bridgehead atoms. The minimum absolute atomic E-state index is 0.334. The molecule has 0 amide bonds. The van der Waals surface area contributed by atoms with Crippen LogP contribution in [-0.2, 0) is 11.2 Å². The predicted molar refractivity (Wildman–Crippen MR) is 82.5 cm³/mol. The average molecular weight is 263 g/mol. The summed E-state index contributed by atoms with van der Waals surface area (Å²) < 4.78 is 5.88. The first-order valence-electron chi connectivity index (χ1n) is 7.70. The van der Waals surface area contributed by atoms with Crippen LogP contribution in [0.5, 0.6) is 0 Å². The molecule has 0 aliphatic rings. The molecule has 0 fully saturated rings. The lowest BCUT2D eigenvalue weighted by atomic mass is 9.99. The Morgan fingerprint density at radius 2 is 1.84 bits per heavy atom. The van der Waals surface area contributed by atoms with Crippen molar-refractivity contribution < 1.29 is 4.74 Å². The van der Waals surface area contributed by atoms with E-state index in [4.69, 9.17) is 4.74 Å². The zero-order chi connectivity index (χ0) is 13.9. The molecule has 0 aliphatic heterocycles. The number of aryl methyl sites for hydroxylation is 1. The highest BCUT2D eigenvalue weighted by molar-refractivity contribution is 5.14. The van der Waals surface area contributed by atoms with Crippen LogP contribution in [0.1, 0.15) is 45.6 Å². The van der Waals surface area contributed by atoms with Crippen LogP contribution in [0.25, 0.3) is 0 Å². The van der Waals surface area contributed by atoms with E-state index >= 15 is 0 Å². The molecule has 19 heavy (non-hydrogen) atoms. The molecule has 0 spiro atoms. The van der Waals surface area contributed by atoms with E-state index in [2.05, 4.69) is 56.4 Å². The summed E-state index contributed by atoms with van der Waals surface area (Å²) in [6.45, 7) is 8.38. The van der Waals surface area contributed by atoms with Gasteiger partial charge in [0.2, 0.25) is 0 Å². The summed E-state index contributed by atoms with van der Waals surface area (Å²) in [5.41, 5.74) is 1.41. The van der Waals surface area contributed by atoms with Crippen molar-refractivity contribution in [3.8, 4) is 0 Å². The Balaban J connectivity index is 2.52. The van der Waals surface area contributed by atoms with Gasteiger partial charge in [0.25, 0.3) is 0 Å². The lowest BCUT2D eigenvalue weighted by molar-refractivity contribution is 0.0298. The second-order valence-corrected chi connectivity index (χ2v) is 4.99. The van der Waals surface area contributed by atoms with Crippen molar-refractivity contribution in [3.05, 3.63) is 35.9 Å². The Hall–Kier alpha value is -0.860. The Kier molecular flexibility index (Phi) is 8.52. The maximum atomic E-state index is 5.88. The monoisotopic (exact) mass is 263 g/mol. The Bertz CT molecular complexity index is 312. The quantitative estimate of drug-likeness (QED) is 0.693. The van der Waals surface area contributed by atoms with Gasteiger partial charge in [0.15, 0.2) is 0 Å². The van der Waals surface area contributed by atoms with Crippen molar-refractivity contribution in [1.29, 1.82) is 0 Å². The SMILES string of the molecule is CCCNC(CCc1ccccc1)C(CC)OCC. The van der Waals surface area contributed by atoms with Crippen LogP contribution < -0.4 is 5.32 Å². The standard InChI is InChI=1S/C17H29NO/c1-4-14-18-16(17(5-2)19-6-3)13-12-15-10-8-7-9-11-15/h7-11,16-18H,4-6,12-14H2,1-3H3. The summed E-state index contributed by atoms with van der Waals surface area (Å²) in [6, 6.07) is 11.2. The van der Waals surface area contributed by atoms with Crippen LogP contribution in [0, 0.1) is 0 Å². The van der Waals surface area contributed by atoms with Crippen LogP contribution in [0.2, 0.25) is 0 Å². The number of hydrogen-bond acceptors (Lipinski definition) is 2. The van der Waals surface area contributed by atoms with Gasteiger partial charge in [0.05, 0.1) is 6.10 Å². The van der Waals surface area contributed by atoms with E-state index in [1.807, 2.05) is 0 Å². The van der Waals surface area contributed by atoms with E-state index < -0.39 is 0 Å². The molecular formula is C17H29NO. The number of rotatable bonds is 10. The number of nitrogens with one attached hydrogen (secondary N) is 1. The van der Waals surface area contributed by atoms with E-state index in [9.17, 15) is 0 Å². The lowest BCUT2D eigenvalue weighted by Crippen LogP contribution is -2.42. The van der Waals surface area contributed by atoms with Crippen molar-refractivity contribution in [1.82, 2.24) is 5.32 Å². The molecule has 0 radical (unpaired) electrons. The van der Waals surface area contributed by atoms with Gasteiger partial charge in [-0.25, -0.2) is 0 Å². The smallest absolute Gasteiger partial charge is 0.0725 e. The second kappa shape index (κ2) is 9.99. The molecule has 1 N–H and O–H groups in total. The molecule has 1 aromatic carbocycles. The summed E-state index contributed by atoms with van der Waals surface area (Å²) in [5, 5.41) is 3.65. The van der Waals surface area contributed by atoms with Crippen molar-refractivity contribution in [2.75, 3.05) is 13.2 Å². The fraction of sp³-hybridized carbons (Fsp3) is 0.647. The zero-order valence-electron chi connectivity index (χ0n) is 12.7. The van der Waals surface area contributed by atoms with Gasteiger partial charge in [0.1, 0.15) is 0 Å². The van der Waals surface area contributed by atoms with Crippen LogP contribution in [0.4, 0.5) is 0 Å². The van der Waals surface area contributed by atoms with Crippen molar-refractivity contribution in [3.63, 3.8) is 0 Å². The Morgan fingerprint density at radius 1 is 1.11 bits per heavy atom. The zero-order valence-corrected chi connectivity index (χ0v) is 12.7. The van der Waals surface area contributed by atoms with Crippen molar-refractivity contribution in [2.45, 2.75) is 58.6 Å². The van der Waals surface area contributed by atoms with Gasteiger partial charge in [-0.15, -0.1) is 0 Å². The van der Waals surface area contributed by atoms with Crippen molar-refractivity contribution in [2.24, 2.45) is 0 Å². The van der Waals surface area contributed by atoms with E-state index in [0.717, 1.165) is 32.4 Å². The lowest BCUT2D eigenvalue weighted by Gasteiger charge is -2.27. The largest absolute Gasteiger partial charge is 0.377 e. The van der Waals surface area contributed by atoms with E-state index in [1.54, 1.807) is 0 Å². The van der Waals surface area contributed by atoms with E-state index in [-0.39, 0.29) is 0 Å². The van der Waals surface area contributed by atoms with Gasteiger partial charge in [-0.1, -0.05) is 44.2 Å². The highest BCUT2D eigenvalue weighted by Crippen LogP contribution is 2.12. The predicted octanol–water partition coefficient (Wildman–Crippen LogP) is 3.80. The topological polar surface area (TPSA) is 21.3 Å². The molecule has 1 rings (SSSR count). The highest BCUT2D eigenvalue weighted by atomic mass is 16.5. The fourth-order valence-corrected chi connectivity index (χ4v) is 2.45. The summed E-state index contributed by atoms with van der Waals surface area (Å²) in [7, 11) is 0. The minimum atomic E-state index is 0.334. The van der Waals surface area contributed by atoms with Gasteiger partial charge in [0, 0.05) is 12.6 Å². The number of benzene rings is 1. The number of ether oxygens (including phenoxy) is 1. The summed E-state index contributed by atoms with van der Waals surface area (Å²) in [4.78, 5) is 0. The maximum absolute atomic E-state index is 5.88. The molecule has 2 unspecified atom stereocenters. The summed E-state index contributed by atoms with van der Waals surface area (Å²) in [5.74, 6) is 0.